The second-order valence-electron chi connectivity index (χ2n) is 3.38. The Labute approximate surface area is 88.2 Å². The van der Waals surface area contributed by atoms with Crippen molar-refractivity contribution in [2.75, 3.05) is 0 Å². The molecule has 0 saturated heterocycles. The monoisotopic (exact) mass is 203 g/mol. The van der Waals surface area contributed by atoms with Crippen LogP contribution in [0.5, 0.6) is 0 Å². The Hall–Kier alpha value is -1.12. The van der Waals surface area contributed by atoms with Crippen molar-refractivity contribution in [1.82, 2.24) is 0 Å². The lowest BCUT2D eigenvalue weighted by Gasteiger charge is -2.06. The molecule has 2 N–H and O–H groups in total. The normalized spacial score (nSPS) is 10.4. The number of aryl methyl sites for hydroxylation is 1. The molecule has 0 unspecified atom stereocenters. The summed E-state index contributed by atoms with van der Waals surface area (Å²) in [5.74, 6) is 0. The van der Waals surface area contributed by atoms with Gasteiger partial charge in [0.15, 0.2) is 0 Å². The summed E-state index contributed by atoms with van der Waals surface area (Å²) in [6.45, 7) is 2.71. The first-order chi connectivity index (χ1) is 6.81. The summed E-state index contributed by atoms with van der Waals surface area (Å²) in [5.41, 5.74) is 10.8. The van der Waals surface area contributed by atoms with Gasteiger partial charge in [-0.15, -0.1) is 0 Å². The molecule has 0 spiro atoms. The van der Waals surface area contributed by atoms with E-state index in [2.05, 4.69) is 41.9 Å². The number of thiophene rings is 1. The zero-order valence-electron chi connectivity index (χ0n) is 8.16. The van der Waals surface area contributed by atoms with E-state index in [9.17, 15) is 0 Å². The maximum atomic E-state index is 5.71. The van der Waals surface area contributed by atoms with Gasteiger partial charge in [0.2, 0.25) is 0 Å². The molecule has 1 aromatic heterocycles. The summed E-state index contributed by atoms with van der Waals surface area (Å²) >= 11 is 1.72. The van der Waals surface area contributed by atoms with Crippen molar-refractivity contribution in [2.45, 2.75) is 13.5 Å². The van der Waals surface area contributed by atoms with Gasteiger partial charge in [-0.2, -0.15) is 11.3 Å². The van der Waals surface area contributed by atoms with Crippen LogP contribution < -0.4 is 5.73 Å². The maximum absolute atomic E-state index is 5.71. The minimum Gasteiger partial charge on any atom is -0.326 e. The molecule has 2 heteroatoms. The molecule has 0 amide bonds. The average Bonchev–Trinajstić information content (AvgIpc) is 2.70. The molecule has 1 aromatic carbocycles. The van der Waals surface area contributed by atoms with E-state index >= 15 is 0 Å². The van der Waals surface area contributed by atoms with Crippen LogP contribution in [0.2, 0.25) is 0 Å². The van der Waals surface area contributed by atoms with Crippen LogP contribution in [0.25, 0.3) is 11.1 Å². The second-order valence-corrected chi connectivity index (χ2v) is 4.16. The molecule has 14 heavy (non-hydrogen) atoms. The SMILES string of the molecule is Cc1ccc(CN)c(-c2ccsc2)c1. The first kappa shape index (κ1) is 9.44. The summed E-state index contributed by atoms with van der Waals surface area (Å²) in [5, 5.41) is 4.26. The first-order valence-corrected chi connectivity index (χ1v) is 5.57. The Morgan fingerprint density at radius 3 is 2.79 bits per heavy atom. The predicted molar refractivity (Wildman–Crippen MR) is 62.4 cm³/mol. The first-order valence-electron chi connectivity index (χ1n) is 4.63. The Kier molecular flexibility index (Phi) is 2.66. The van der Waals surface area contributed by atoms with Gasteiger partial charge in [0.25, 0.3) is 0 Å². The molecular formula is C12H13NS. The van der Waals surface area contributed by atoms with Crippen molar-refractivity contribution in [3.8, 4) is 11.1 Å². The Balaban J connectivity index is 2.55. The van der Waals surface area contributed by atoms with Gasteiger partial charge in [-0.3, -0.25) is 0 Å². The number of rotatable bonds is 2. The van der Waals surface area contributed by atoms with E-state index in [0.717, 1.165) is 0 Å². The van der Waals surface area contributed by atoms with E-state index in [4.69, 9.17) is 5.73 Å². The molecular weight excluding hydrogens is 190 g/mol. The Bertz CT molecular complexity index is 418. The smallest absolute Gasteiger partial charge is 0.0184 e. The van der Waals surface area contributed by atoms with Gasteiger partial charge in [0.1, 0.15) is 0 Å². The standard InChI is InChI=1S/C12H13NS/c1-9-2-3-10(7-13)12(6-9)11-4-5-14-8-11/h2-6,8H,7,13H2,1H3. The minimum absolute atomic E-state index is 0.603. The van der Waals surface area contributed by atoms with Crippen molar-refractivity contribution in [3.63, 3.8) is 0 Å². The number of hydrogen-bond acceptors (Lipinski definition) is 2. The molecule has 0 aliphatic heterocycles. The van der Waals surface area contributed by atoms with Crippen LogP contribution in [0.15, 0.2) is 35.0 Å². The molecule has 1 nitrogen and oxygen atoms in total. The topological polar surface area (TPSA) is 26.0 Å². The van der Waals surface area contributed by atoms with Crippen molar-refractivity contribution in [2.24, 2.45) is 5.73 Å². The van der Waals surface area contributed by atoms with Crippen molar-refractivity contribution in [3.05, 3.63) is 46.2 Å². The van der Waals surface area contributed by atoms with E-state index in [1.807, 2.05) is 0 Å². The van der Waals surface area contributed by atoms with E-state index in [1.54, 1.807) is 11.3 Å². The molecule has 1 heterocycles. The number of nitrogens with two attached hydrogens (primary N) is 1. The van der Waals surface area contributed by atoms with Crippen LogP contribution in [0, 0.1) is 6.92 Å². The fourth-order valence-corrected chi connectivity index (χ4v) is 2.21. The second kappa shape index (κ2) is 3.95. The van der Waals surface area contributed by atoms with Gasteiger partial charge in [0.05, 0.1) is 0 Å². The zero-order chi connectivity index (χ0) is 9.97. The third kappa shape index (κ3) is 1.72. The molecule has 2 aromatic rings. The molecule has 0 atom stereocenters. The lowest BCUT2D eigenvalue weighted by atomic mass is 10.00. The van der Waals surface area contributed by atoms with Crippen LogP contribution in [0.3, 0.4) is 0 Å². The van der Waals surface area contributed by atoms with E-state index in [-0.39, 0.29) is 0 Å². The van der Waals surface area contributed by atoms with Crippen LogP contribution in [0.4, 0.5) is 0 Å². The van der Waals surface area contributed by atoms with Gasteiger partial charge in [-0.1, -0.05) is 23.8 Å². The van der Waals surface area contributed by atoms with E-state index in [0.29, 0.717) is 6.54 Å². The molecule has 0 fully saturated rings. The third-order valence-corrected chi connectivity index (χ3v) is 3.00. The number of hydrogen-bond donors (Lipinski definition) is 1. The zero-order valence-corrected chi connectivity index (χ0v) is 8.97. The van der Waals surface area contributed by atoms with Gasteiger partial charge in [0, 0.05) is 6.54 Å². The molecule has 0 bridgehead atoms. The number of benzene rings is 1. The highest BCUT2D eigenvalue weighted by Gasteiger charge is 2.03. The minimum atomic E-state index is 0.603. The van der Waals surface area contributed by atoms with Crippen molar-refractivity contribution in [1.29, 1.82) is 0 Å². The lowest BCUT2D eigenvalue weighted by molar-refractivity contribution is 1.07. The molecule has 0 aliphatic carbocycles. The predicted octanol–water partition coefficient (Wildman–Crippen LogP) is 3.18. The average molecular weight is 203 g/mol. The van der Waals surface area contributed by atoms with Gasteiger partial charge in [-0.05, 0) is 40.4 Å². The summed E-state index contributed by atoms with van der Waals surface area (Å²) in [4.78, 5) is 0. The van der Waals surface area contributed by atoms with Crippen LogP contribution >= 0.6 is 11.3 Å². The van der Waals surface area contributed by atoms with Crippen LogP contribution in [-0.2, 0) is 6.54 Å². The molecule has 2 rings (SSSR count). The Morgan fingerprint density at radius 2 is 2.14 bits per heavy atom. The van der Waals surface area contributed by atoms with Crippen LogP contribution in [-0.4, -0.2) is 0 Å². The molecule has 0 saturated carbocycles. The maximum Gasteiger partial charge on any atom is 0.0184 e. The molecule has 0 radical (unpaired) electrons. The Morgan fingerprint density at radius 1 is 1.29 bits per heavy atom. The lowest BCUT2D eigenvalue weighted by Crippen LogP contribution is -1.98. The summed E-state index contributed by atoms with van der Waals surface area (Å²) < 4.78 is 0. The van der Waals surface area contributed by atoms with E-state index in [1.165, 1.54) is 22.3 Å². The summed E-state index contributed by atoms with van der Waals surface area (Å²) in [6.07, 6.45) is 0. The van der Waals surface area contributed by atoms with Gasteiger partial charge in [-0.25, -0.2) is 0 Å². The van der Waals surface area contributed by atoms with E-state index < -0.39 is 0 Å². The highest BCUT2D eigenvalue weighted by atomic mass is 32.1. The summed E-state index contributed by atoms with van der Waals surface area (Å²) in [7, 11) is 0. The molecule has 72 valence electrons. The van der Waals surface area contributed by atoms with Crippen molar-refractivity contribution >= 4 is 11.3 Å². The summed E-state index contributed by atoms with van der Waals surface area (Å²) in [6, 6.07) is 8.56. The van der Waals surface area contributed by atoms with Crippen LogP contribution in [0.1, 0.15) is 11.1 Å². The third-order valence-electron chi connectivity index (χ3n) is 2.32. The van der Waals surface area contributed by atoms with Crippen molar-refractivity contribution < 1.29 is 0 Å². The van der Waals surface area contributed by atoms with Gasteiger partial charge < -0.3 is 5.73 Å². The highest BCUT2D eigenvalue weighted by molar-refractivity contribution is 7.08. The fourth-order valence-electron chi connectivity index (χ4n) is 1.55. The fraction of sp³-hybridized carbons (Fsp3) is 0.167. The highest BCUT2D eigenvalue weighted by Crippen LogP contribution is 2.26. The largest absolute Gasteiger partial charge is 0.326 e. The quantitative estimate of drug-likeness (QED) is 0.797. The van der Waals surface area contributed by atoms with Gasteiger partial charge >= 0.3 is 0 Å². The molecule has 0 aliphatic rings.